The number of ether oxygens (including phenoxy) is 1. The van der Waals surface area contributed by atoms with Crippen molar-refractivity contribution in [2.75, 3.05) is 0 Å². The Morgan fingerprint density at radius 2 is 1.08 bits per heavy atom. The van der Waals surface area contributed by atoms with Gasteiger partial charge < -0.3 is 4.74 Å². The van der Waals surface area contributed by atoms with Gasteiger partial charge in [0.05, 0.1) is 0 Å². The van der Waals surface area contributed by atoms with Gasteiger partial charge in [0.15, 0.2) is 0 Å². The summed E-state index contributed by atoms with van der Waals surface area (Å²) in [5.74, 6) is 2.00. The average Bonchev–Trinajstić information content (AvgIpc) is 3.22. The SMILES string of the molecule is C1=C(/C=C2\CCCc3c2cc(-c2ccccc2)cc3-c2ccccc2)CCC/C1=C/C1=C2OC(c3ccccc3)=CC(c3ccccc3)=C2CCC1. The van der Waals surface area contributed by atoms with E-state index >= 15 is 0 Å². The van der Waals surface area contributed by atoms with Gasteiger partial charge in [-0.3, -0.25) is 0 Å². The maximum atomic E-state index is 6.87. The summed E-state index contributed by atoms with van der Waals surface area (Å²) in [4.78, 5) is 0. The van der Waals surface area contributed by atoms with Crippen molar-refractivity contribution in [3.8, 4) is 22.3 Å². The fourth-order valence-corrected chi connectivity index (χ4v) is 8.57. The van der Waals surface area contributed by atoms with Gasteiger partial charge in [0, 0.05) is 11.1 Å². The van der Waals surface area contributed by atoms with E-state index in [0.717, 1.165) is 62.0 Å². The summed E-state index contributed by atoms with van der Waals surface area (Å²) in [6.07, 6.45) is 19.8. The summed E-state index contributed by atoms with van der Waals surface area (Å²) in [6, 6.07) is 48.2. The van der Waals surface area contributed by atoms with Gasteiger partial charge in [0.1, 0.15) is 11.5 Å². The Bertz CT molecular complexity index is 2290. The van der Waals surface area contributed by atoms with Crippen molar-refractivity contribution in [1.29, 1.82) is 0 Å². The van der Waals surface area contributed by atoms with Crippen LogP contribution in [0.2, 0.25) is 0 Å². The number of rotatable bonds is 6. The van der Waals surface area contributed by atoms with Crippen LogP contribution in [0.25, 0.3) is 39.2 Å². The van der Waals surface area contributed by atoms with Crippen LogP contribution >= 0.6 is 0 Å². The zero-order chi connectivity index (χ0) is 34.7. The molecule has 0 spiro atoms. The quantitative estimate of drug-likeness (QED) is 0.174. The summed E-state index contributed by atoms with van der Waals surface area (Å²) in [5, 5.41) is 0. The van der Waals surface area contributed by atoms with Crippen LogP contribution in [0.5, 0.6) is 0 Å². The molecule has 0 unspecified atom stereocenters. The van der Waals surface area contributed by atoms with E-state index < -0.39 is 0 Å². The molecule has 0 radical (unpaired) electrons. The second-order valence-electron chi connectivity index (χ2n) is 14.5. The summed E-state index contributed by atoms with van der Waals surface area (Å²) in [5.41, 5.74) is 18.9. The van der Waals surface area contributed by atoms with Crippen LogP contribution in [0.15, 0.2) is 186 Å². The third-order valence-electron chi connectivity index (χ3n) is 11.1. The van der Waals surface area contributed by atoms with Gasteiger partial charge in [0.2, 0.25) is 0 Å². The van der Waals surface area contributed by atoms with Crippen molar-refractivity contribution in [2.24, 2.45) is 0 Å². The molecule has 4 aliphatic rings. The lowest BCUT2D eigenvalue weighted by Gasteiger charge is -2.29. The molecule has 0 aromatic heterocycles. The Morgan fingerprint density at radius 1 is 0.462 bits per heavy atom. The molecule has 0 saturated carbocycles. The Balaban J connectivity index is 1.11. The minimum Gasteiger partial charge on any atom is -0.456 e. The fraction of sp³-hybridized carbons (Fsp3) is 0.176. The molecule has 0 bridgehead atoms. The number of hydrogen-bond donors (Lipinski definition) is 0. The van der Waals surface area contributed by atoms with Crippen molar-refractivity contribution < 1.29 is 4.74 Å². The topological polar surface area (TPSA) is 9.23 Å². The molecule has 9 rings (SSSR count). The monoisotopic (exact) mass is 672 g/mol. The van der Waals surface area contributed by atoms with Crippen LogP contribution < -0.4 is 0 Å². The van der Waals surface area contributed by atoms with E-state index in [1.54, 1.807) is 0 Å². The molecular weight excluding hydrogens is 629 g/mol. The predicted octanol–water partition coefficient (Wildman–Crippen LogP) is 13.7. The molecule has 0 N–H and O–H groups in total. The molecule has 1 heteroatoms. The van der Waals surface area contributed by atoms with Gasteiger partial charge in [-0.25, -0.2) is 0 Å². The highest BCUT2D eigenvalue weighted by Gasteiger charge is 2.28. The van der Waals surface area contributed by atoms with Crippen LogP contribution in [0.4, 0.5) is 0 Å². The lowest BCUT2D eigenvalue weighted by atomic mass is 9.79. The Morgan fingerprint density at radius 3 is 1.81 bits per heavy atom. The first kappa shape index (κ1) is 32.3. The van der Waals surface area contributed by atoms with E-state index in [1.807, 2.05) is 0 Å². The van der Waals surface area contributed by atoms with E-state index in [1.165, 1.54) is 85.2 Å². The van der Waals surface area contributed by atoms with E-state index in [9.17, 15) is 0 Å². The molecular formula is C51H44O. The molecule has 1 aliphatic heterocycles. The fourth-order valence-electron chi connectivity index (χ4n) is 8.57. The summed E-state index contributed by atoms with van der Waals surface area (Å²) < 4.78 is 6.87. The first-order chi connectivity index (χ1) is 25.8. The molecule has 1 nitrogen and oxygen atoms in total. The second kappa shape index (κ2) is 14.5. The van der Waals surface area contributed by atoms with Crippen LogP contribution in [0.1, 0.15) is 73.6 Å². The summed E-state index contributed by atoms with van der Waals surface area (Å²) in [7, 11) is 0. The van der Waals surface area contributed by atoms with Gasteiger partial charge >= 0.3 is 0 Å². The summed E-state index contributed by atoms with van der Waals surface area (Å²) in [6.45, 7) is 0. The first-order valence-electron chi connectivity index (χ1n) is 19.1. The van der Waals surface area contributed by atoms with Gasteiger partial charge in [0.25, 0.3) is 0 Å². The molecule has 0 atom stereocenters. The van der Waals surface area contributed by atoms with E-state index in [2.05, 4.69) is 158 Å². The van der Waals surface area contributed by atoms with Crippen molar-refractivity contribution >= 4 is 16.9 Å². The highest BCUT2D eigenvalue weighted by molar-refractivity contribution is 5.89. The Hall–Kier alpha value is -5.66. The van der Waals surface area contributed by atoms with Gasteiger partial charge in [-0.05, 0) is 143 Å². The van der Waals surface area contributed by atoms with Crippen LogP contribution in [0.3, 0.4) is 0 Å². The standard InChI is InChI=1S/C51H44O/c1-5-18-38(19-6-1)44-33-47(39-20-7-2-8-21-39)45-28-14-26-42(48(45)34-44)31-36-16-13-17-37(30-36)32-43-27-15-29-46-49(40-22-9-3-10-23-40)35-50(52-51(43)46)41-24-11-4-12-25-41/h1-12,18-25,30-35H,13-17,26-29H2/b37-32-,42-31+. The molecule has 0 saturated heterocycles. The van der Waals surface area contributed by atoms with Crippen LogP contribution in [0, 0.1) is 0 Å². The average molecular weight is 673 g/mol. The molecule has 52 heavy (non-hydrogen) atoms. The zero-order valence-electron chi connectivity index (χ0n) is 29.8. The normalized spacial score (nSPS) is 18.8. The number of allylic oxidation sites excluding steroid dienone is 10. The molecule has 5 aromatic carbocycles. The number of benzene rings is 5. The molecule has 0 fully saturated rings. The number of fused-ring (bicyclic) bond motifs is 2. The minimum atomic E-state index is 0.932. The van der Waals surface area contributed by atoms with Crippen molar-refractivity contribution in [2.45, 2.75) is 57.8 Å². The first-order valence-corrected chi connectivity index (χ1v) is 19.1. The third-order valence-corrected chi connectivity index (χ3v) is 11.1. The lowest BCUT2D eigenvalue weighted by Crippen LogP contribution is -2.12. The third kappa shape index (κ3) is 6.60. The van der Waals surface area contributed by atoms with Gasteiger partial charge in [-0.2, -0.15) is 0 Å². The van der Waals surface area contributed by atoms with Gasteiger partial charge in [-0.15, -0.1) is 0 Å². The number of hydrogen-bond acceptors (Lipinski definition) is 1. The van der Waals surface area contributed by atoms with Crippen molar-refractivity contribution in [3.05, 3.63) is 208 Å². The van der Waals surface area contributed by atoms with Crippen LogP contribution in [-0.4, -0.2) is 0 Å². The molecule has 3 aliphatic carbocycles. The van der Waals surface area contributed by atoms with Gasteiger partial charge in [-0.1, -0.05) is 140 Å². The zero-order valence-corrected chi connectivity index (χ0v) is 29.8. The highest BCUT2D eigenvalue weighted by Crippen LogP contribution is 2.45. The predicted molar refractivity (Wildman–Crippen MR) is 218 cm³/mol. The van der Waals surface area contributed by atoms with E-state index in [4.69, 9.17) is 4.74 Å². The smallest absolute Gasteiger partial charge is 0.135 e. The Kier molecular flexibility index (Phi) is 9.01. The molecule has 1 heterocycles. The molecule has 0 amide bonds. The van der Waals surface area contributed by atoms with Crippen LogP contribution in [-0.2, 0) is 11.2 Å². The van der Waals surface area contributed by atoms with E-state index in [0.29, 0.717) is 0 Å². The van der Waals surface area contributed by atoms with Crippen molar-refractivity contribution in [3.63, 3.8) is 0 Å². The molecule has 254 valence electrons. The largest absolute Gasteiger partial charge is 0.456 e. The summed E-state index contributed by atoms with van der Waals surface area (Å²) >= 11 is 0. The van der Waals surface area contributed by atoms with Crippen molar-refractivity contribution in [1.82, 2.24) is 0 Å². The van der Waals surface area contributed by atoms with E-state index in [-0.39, 0.29) is 0 Å². The minimum absolute atomic E-state index is 0.932. The maximum Gasteiger partial charge on any atom is 0.135 e. The molecule has 5 aromatic rings. The maximum absolute atomic E-state index is 6.87. The second-order valence-corrected chi connectivity index (χ2v) is 14.5. The Labute approximate surface area is 308 Å². The highest BCUT2D eigenvalue weighted by atomic mass is 16.5. The lowest BCUT2D eigenvalue weighted by molar-refractivity contribution is 0.372.